The molecule has 23 heavy (non-hydrogen) atoms. The predicted molar refractivity (Wildman–Crippen MR) is 88.9 cm³/mol. The van der Waals surface area contributed by atoms with Crippen molar-refractivity contribution in [3.63, 3.8) is 0 Å². The van der Waals surface area contributed by atoms with Crippen LogP contribution in [0.3, 0.4) is 0 Å². The Kier molecular flexibility index (Phi) is 5.51. The number of piperazine rings is 1. The first-order valence-corrected chi connectivity index (χ1v) is 8.50. The molecule has 3 rings (SSSR count). The fourth-order valence-electron chi connectivity index (χ4n) is 3.44. The van der Waals surface area contributed by atoms with Crippen molar-refractivity contribution in [3.8, 4) is 5.75 Å². The van der Waals surface area contributed by atoms with Crippen LogP contribution < -0.4 is 4.74 Å². The van der Waals surface area contributed by atoms with Gasteiger partial charge in [-0.25, -0.2) is 0 Å². The Morgan fingerprint density at radius 3 is 2.74 bits per heavy atom. The van der Waals surface area contributed by atoms with Gasteiger partial charge in [0.15, 0.2) is 0 Å². The highest BCUT2D eigenvalue weighted by Gasteiger charge is 2.25. The molecule has 0 bridgehead atoms. The number of amides is 1. The van der Waals surface area contributed by atoms with Crippen molar-refractivity contribution in [1.29, 1.82) is 0 Å². The quantitative estimate of drug-likeness (QED) is 0.850. The maximum Gasteiger partial charge on any atom is 0.257 e. The smallest absolute Gasteiger partial charge is 0.257 e. The summed E-state index contributed by atoms with van der Waals surface area (Å²) in [6.45, 7) is 6.35. The average Bonchev–Trinajstić information content (AvgIpc) is 2.62. The molecule has 2 fully saturated rings. The van der Waals surface area contributed by atoms with E-state index in [0.717, 1.165) is 45.9 Å². The van der Waals surface area contributed by atoms with E-state index in [9.17, 15) is 4.79 Å². The lowest BCUT2D eigenvalue weighted by Crippen LogP contribution is -2.50. The van der Waals surface area contributed by atoms with E-state index in [1.807, 2.05) is 29.2 Å². The molecule has 126 valence electrons. The highest BCUT2D eigenvalue weighted by molar-refractivity contribution is 5.97. The van der Waals surface area contributed by atoms with Crippen LogP contribution in [0.2, 0.25) is 0 Å². The highest BCUT2D eigenvalue weighted by atomic mass is 16.5. The molecule has 0 saturated carbocycles. The maximum atomic E-state index is 12.7. The van der Waals surface area contributed by atoms with Gasteiger partial charge in [-0.1, -0.05) is 12.1 Å². The van der Waals surface area contributed by atoms with Crippen molar-refractivity contribution < 1.29 is 14.3 Å². The van der Waals surface area contributed by atoms with Gasteiger partial charge in [0.2, 0.25) is 0 Å². The summed E-state index contributed by atoms with van der Waals surface area (Å²) in [7, 11) is 1.61. The molecular formula is C18H26N2O3. The summed E-state index contributed by atoms with van der Waals surface area (Å²) in [6.07, 6.45) is 2.44. The SMILES string of the molecule is COc1ccccc1C(=O)N1CCN(C[C@@H]2CCCOC2)CC1. The molecule has 1 aromatic carbocycles. The maximum absolute atomic E-state index is 12.7. The Balaban J connectivity index is 1.53. The summed E-state index contributed by atoms with van der Waals surface area (Å²) in [5, 5.41) is 0. The minimum Gasteiger partial charge on any atom is -0.496 e. The van der Waals surface area contributed by atoms with Gasteiger partial charge in [-0.3, -0.25) is 9.69 Å². The molecule has 1 atom stereocenters. The molecule has 5 heteroatoms. The summed E-state index contributed by atoms with van der Waals surface area (Å²) in [4.78, 5) is 17.1. The van der Waals surface area contributed by atoms with Gasteiger partial charge in [-0.05, 0) is 30.9 Å². The van der Waals surface area contributed by atoms with Crippen molar-refractivity contribution in [2.45, 2.75) is 12.8 Å². The molecule has 1 amide bonds. The second-order valence-corrected chi connectivity index (χ2v) is 6.38. The number of ether oxygens (including phenoxy) is 2. The third-order valence-corrected chi connectivity index (χ3v) is 4.77. The van der Waals surface area contributed by atoms with Gasteiger partial charge in [0.25, 0.3) is 5.91 Å². The fourth-order valence-corrected chi connectivity index (χ4v) is 3.44. The molecule has 0 N–H and O–H groups in total. The number of rotatable bonds is 4. The number of nitrogens with zero attached hydrogens (tertiary/aromatic N) is 2. The molecule has 0 aliphatic carbocycles. The predicted octanol–water partition coefficient (Wildman–Crippen LogP) is 1.88. The van der Waals surface area contributed by atoms with E-state index in [0.29, 0.717) is 17.2 Å². The van der Waals surface area contributed by atoms with Gasteiger partial charge in [0, 0.05) is 39.3 Å². The third kappa shape index (κ3) is 4.03. The summed E-state index contributed by atoms with van der Waals surface area (Å²) >= 11 is 0. The van der Waals surface area contributed by atoms with Gasteiger partial charge < -0.3 is 14.4 Å². The Bertz CT molecular complexity index is 521. The fraction of sp³-hybridized carbons (Fsp3) is 0.611. The Hall–Kier alpha value is -1.59. The summed E-state index contributed by atoms with van der Waals surface area (Å²) in [6, 6.07) is 7.45. The summed E-state index contributed by atoms with van der Waals surface area (Å²) in [5.41, 5.74) is 0.657. The van der Waals surface area contributed by atoms with Crippen molar-refractivity contribution in [1.82, 2.24) is 9.80 Å². The molecule has 0 unspecified atom stereocenters. The zero-order chi connectivity index (χ0) is 16.1. The normalized spacial score (nSPS) is 22.8. The van der Waals surface area contributed by atoms with Gasteiger partial charge in [-0.15, -0.1) is 0 Å². The van der Waals surface area contributed by atoms with Crippen molar-refractivity contribution in [2.75, 3.05) is 53.0 Å². The Labute approximate surface area is 138 Å². The second-order valence-electron chi connectivity index (χ2n) is 6.38. The summed E-state index contributed by atoms with van der Waals surface area (Å²) < 4.78 is 10.9. The first kappa shape index (κ1) is 16.3. The van der Waals surface area contributed by atoms with E-state index < -0.39 is 0 Å². The molecule has 2 aliphatic heterocycles. The molecular weight excluding hydrogens is 292 g/mol. The van der Waals surface area contributed by atoms with Crippen molar-refractivity contribution in [2.24, 2.45) is 5.92 Å². The molecule has 1 aromatic rings. The van der Waals surface area contributed by atoms with Crippen LogP contribution in [0.15, 0.2) is 24.3 Å². The topological polar surface area (TPSA) is 42.0 Å². The van der Waals surface area contributed by atoms with Crippen LogP contribution in [-0.4, -0.2) is 68.8 Å². The Morgan fingerprint density at radius 2 is 2.04 bits per heavy atom. The Morgan fingerprint density at radius 1 is 1.26 bits per heavy atom. The number of hydrogen-bond acceptors (Lipinski definition) is 4. The zero-order valence-corrected chi connectivity index (χ0v) is 13.9. The van der Waals surface area contributed by atoms with Gasteiger partial charge in [-0.2, -0.15) is 0 Å². The lowest BCUT2D eigenvalue weighted by Gasteiger charge is -2.37. The number of para-hydroxylation sites is 1. The molecule has 2 heterocycles. The van der Waals surface area contributed by atoms with E-state index in [2.05, 4.69) is 4.90 Å². The minimum absolute atomic E-state index is 0.0723. The van der Waals surface area contributed by atoms with Crippen LogP contribution in [0.5, 0.6) is 5.75 Å². The minimum atomic E-state index is 0.0723. The number of carbonyl (C=O) groups excluding carboxylic acids is 1. The van der Waals surface area contributed by atoms with Gasteiger partial charge in [0.1, 0.15) is 5.75 Å². The van der Waals surface area contributed by atoms with Crippen LogP contribution in [0, 0.1) is 5.92 Å². The third-order valence-electron chi connectivity index (χ3n) is 4.77. The monoisotopic (exact) mass is 318 g/mol. The largest absolute Gasteiger partial charge is 0.496 e. The van der Waals surface area contributed by atoms with Gasteiger partial charge in [0.05, 0.1) is 19.3 Å². The lowest BCUT2D eigenvalue weighted by atomic mass is 10.0. The van der Waals surface area contributed by atoms with E-state index in [1.54, 1.807) is 7.11 Å². The van der Waals surface area contributed by atoms with E-state index in [4.69, 9.17) is 9.47 Å². The number of methoxy groups -OCH3 is 1. The lowest BCUT2D eigenvalue weighted by molar-refractivity contribution is 0.0274. The summed E-state index contributed by atoms with van der Waals surface area (Å²) in [5.74, 6) is 1.38. The highest BCUT2D eigenvalue weighted by Crippen LogP contribution is 2.21. The van der Waals surface area contributed by atoms with E-state index in [-0.39, 0.29) is 5.91 Å². The first-order chi connectivity index (χ1) is 11.3. The van der Waals surface area contributed by atoms with E-state index in [1.165, 1.54) is 12.8 Å². The average molecular weight is 318 g/mol. The van der Waals surface area contributed by atoms with Crippen LogP contribution >= 0.6 is 0 Å². The van der Waals surface area contributed by atoms with Crippen molar-refractivity contribution in [3.05, 3.63) is 29.8 Å². The van der Waals surface area contributed by atoms with E-state index >= 15 is 0 Å². The van der Waals surface area contributed by atoms with Crippen molar-refractivity contribution >= 4 is 5.91 Å². The molecule has 0 spiro atoms. The standard InChI is InChI=1S/C18H26N2O3/c1-22-17-7-3-2-6-16(17)18(21)20-10-8-19(9-11-20)13-15-5-4-12-23-14-15/h2-3,6-7,15H,4-5,8-14H2,1H3/t15-/m0/s1. The van der Waals surface area contributed by atoms with Crippen LogP contribution in [0.4, 0.5) is 0 Å². The number of carbonyl (C=O) groups is 1. The first-order valence-electron chi connectivity index (χ1n) is 8.50. The number of hydrogen-bond donors (Lipinski definition) is 0. The molecule has 2 aliphatic rings. The van der Waals surface area contributed by atoms with Crippen LogP contribution in [0.1, 0.15) is 23.2 Å². The zero-order valence-electron chi connectivity index (χ0n) is 13.9. The molecule has 5 nitrogen and oxygen atoms in total. The van der Waals surface area contributed by atoms with Crippen LogP contribution in [-0.2, 0) is 4.74 Å². The molecule has 0 radical (unpaired) electrons. The molecule has 2 saturated heterocycles. The van der Waals surface area contributed by atoms with Crippen LogP contribution in [0.25, 0.3) is 0 Å². The molecule has 0 aromatic heterocycles. The second kappa shape index (κ2) is 7.79. The van der Waals surface area contributed by atoms with Gasteiger partial charge >= 0.3 is 0 Å². The number of benzene rings is 1.